The summed E-state index contributed by atoms with van der Waals surface area (Å²) in [5, 5.41) is 8.77. The highest BCUT2D eigenvalue weighted by molar-refractivity contribution is 6.30. The molecule has 6 heteroatoms. The number of aryl methyl sites for hydroxylation is 1. The standard InChI is InChI=1S/C7H10ClN3O2/c1-11-3-10-7(8)6(11)4(9)2-5(12)13/h3-4H,2,9H2,1H3,(H,12,13). The molecular weight excluding hydrogens is 194 g/mol. The van der Waals surface area contributed by atoms with Crippen LogP contribution in [-0.2, 0) is 11.8 Å². The maximum Gasteiger partial charge on any atom is 0.305 e. The number of hydrogen-bond acceptors (Lipinski definition) is 3. The van der Waals surface area contributed by atoms with E-state index in [1.54, 1.807) is 11.6 Å². The number of hydrogen-bond donors (Lipinski definition) is 2. The molecule has 0 saturated heterocycles. The first-order chi connectivity index (χ1) is 6.02. The van der Waals surface area contributed by atoms with Crippen LogP contribution in [0.25, 0.3) is 0 Å². The lowest BCUT2D eigenvalue weighted by molar-refractivity contribution is -0.137. The molecule has 1 unspecified atom stereocenters. The van der Waals surface area contributed by atoms with Crippen molar-refractivity contribution >= 4 is 17.6 Å². The maximum absolute atomic E-state index is 10.4. The fourth-order valence-corrected chi connectivity index (χ4v) is 1.43. The maximum atomic E-state index is 10.4. The molecule has 0 radical (unpaired) electrons. The molecule has 0 aliphatic rings. The van der Waals surface area contributed by atoms with Crippen molar-refractivity contribution in [3.05, 3.63) is 17.2 Å². The number of aromatic nitrogens is 2. The topological polar surface area (TPSA) is 81.1 Å². The fourth-order valence-electron chi connectivity index (χ4n) is 1.11. The normalized spacial score (nSPS) is 12.8. The first-order valence-corrected chi connectivity index (χ1v) is 4.04. The smallest absolute Gasteiger partial charge is 0.305 e. The second kappa shape index (κ2) is 3.76. The molecule has 3 N–H and O–H groups in total. The van der Waals surface area contributed by atoms with Gasteiger partial charge in [0.1, 0.15) is 0 Å². The van der Waals surface area contributed by atoms with Crippen LogP contribution in [0, 0.1) is 0 Å². The lowest BCUT2D eigenvalue weighted by atomic mass is 10.1. The molecular formula is C7H10ClN3O2. The van der Waals surface area contributed by atoms with Gasteiger partial charge in [-0.3, -0.25) is 4.79 Å². The van der Waals surface area contributed by atoms with E-state index in [-0.39, 0.29) is 11.6 Å². The molecule has 0 amide bonds. The van der Waals surface area contributed by atoms with Gasteiger partial charge in [0.25, 0.3) is 0 Å². The van der Waals surface area contributed by atoms with Crippen LogP contribution in [0.4, 0.5) is 0 Å². The Labute approximate surface area is 80.1 Å². The van der Waals surface area contributed by atoms with Crippen LogP contribution in [-0.4, -0.2) is 20.6 Å². The van der Waals surface area contributed by atoms with E-state index in [4.69, 9.17) is 22.4 Å². The summed E-state index contributed by atoms with van der Waals surface area (Å²) in [6.45, 7) is 0. The average molecular weight is 204 g/mol. The number of aliphatic carboxylic acids is 1. The number of imidazole rings is 1. The van der Waals surface area contributed by atoms with Crippen LogP contribution in [0.2, 0.25) is 5.15 Å². The first-order valence-electron chi connectivity index (χ1n) is 3.66. The van der Waals surface area contributed by atoms with Gasteiger partial charge in [0.15, 0.2) is 5.15 Å². The molecule has 72 valence electrons. The van der Waals surface area contributed by atoms with Gasteiger partial charge in [-0.25, -0.2) is 4.98 Å². The lowest BCUT2D eigenvalue weighted by Crippen LogP contribution is -2.18. The van der Waals surface area contributed by atoms with E-state index in [9.17, 15) is 4.79 Å². The molecule has 0 spiro atoms. The van der Waals surface area contributed by atoms with Crippen molar-refractivity contribution in [2.24, 2.45) is 12.8 Å². The average Bonchev–Trinajstić information content (AvgIpc) is 2.29. The van der Waals surface area contributed by atoms with Gasteiger partial charge < -0.3 is 15.4 Å². The Balaban J connectivity index is 2.87. The van der Waals surface area contributed by atoms with Crippen LogP contribution >= 0.6 is 11.6 Å². The predicted molar refractivity (Wildman–Crippen MR) is 47.4 cm³/mol. The van der Waals surface area contributed by atoms with E-state index in [1.807, 2.05) is 0 Å². The Bertz CT molecular complexity index is 304. The number of nitrogens with two attached hydrogens (primary N) is 1. The Morgan fingerprint density at radius 3 is 2.92 bits per heavy atom. The van der Waals surface area contributed by atoms with Crippen molar-refractivity contribution in [1.82, 2.24) is 9.55 Å². The largest absolute Gasteiger partial charge is 0.481 e. The third-order valence-electron chi connectivity index (χ3n) is 1.68. The van der Waals surface area contributed by atoms with Crippen molar-refractivity contribution in [3.8, 4) is 0 Å². The summed E-state index contributed by atoms with van der Waals surface area (Å²) in [5.74, 6) is -0.954. The molecule has 1 heterocycles. The van der Waals surface area contributed by atoms with Crippen molar-refractivity contribution < 1.29 is 9.90 Å². The van der Waals surface area contributed by atoms with Crippen molar-refractivity contribution in [1.29, 1.82) is 0 Å². The third-order valence-corrected chi connectivity index (χ3v) is 1.97. The molecule has 1 aromatic rings. The monoisotopic (exact) mass is 203 g/mol. The molecule has 0 aromatic carbocycles. The molecule has 1 atom stereocenters. The highest BCUT2D eigenvalue weighted by atomic mass is 35.5. The SMILES string of the molecule is Cn1cnc(Cl)c1C(N)CC(=O)O. The van der Waals surface area contributed by atoms with E-state index in [2.05, 4.69) is 4.98 Å². The molecule has 1 aromatic heterocycles. The summed E-state index contributed by atoms with van der Waals surface area (Å²) in [7, 11) is 1.72. The Kier molecular flexibility index (Phi) is 2.90. The van der Waals surface area contributed by atoms with Crippen molar-refractivity contribution in [2.75, 3.05) is 0 Å². The summed E-state index contributed by atoms with van der Waals surface area (Å²) in [6.07, 6.45) is 1.35. The molecule has 0 saturated carbocycles. The van der Waals surface area contributed by atoms with Gasteiger partial charge in [-0.1, -0.05) is 11.6 Å². The quantitative estimate of drug-likeness (QED) is 0.752. The molecule has 0 aliphatic carbocycles. The zero-order valence-corrected chi connectivity index (χ0v) is 7.82. The zero-order chi connectivity index (χ0) is 10.0. The minimum absolute atomic E-state index is 0.154. The lowest BCUT2D eigenvalue weighted by Gasteiger charge is -2.09. The molecule has 0 bridgehead atoms. The van der Waals surface area contributed by atoms with Crippen LogP contribution in [0.5, 0.6) is 0 Å². The number of rotatable bonds is 3. The summed E-state index contributed by atoms with van der Waals surface area (Å²) in [5.41, 5.74) is 6.16. The second-order valence-corrected chi connectivity index (χ2v) is 3.09. The predicted octanol–water partition coefficient (Wildman–Crippen LogP) is 0.548. The first kappa shape index (κ1) is 10.0. The van der Waals surface area contributed by atoms with Crippen molar-refractivity contribution in [3.63, 3.8) is 0 Å². The number of carboxylic acid groups (broad SMARTS) is 1. The summed E-state index contributed by atoms with van der Waals surface area (Å²) in [6, 6.07) is -0.613. The van der Waals surface area contributed by atoms with Gasteiger partial charge in [0.2, 0.25) is 0 Å². The van der Waals surface area contributed by atoms with E-state index in [0.717, 1.165) is 0 Å². The van der Waals surface area contributed by atoms with Crippen LogP contribution in [0.15, 0.2) is 6.33 Å². The minimum atomic E-state index is -0.954. The highest BCUT2D eigenvalue weighted by Gasteiger charge is 2.17. The molecule has 1 rings (SSSR count). The van der Waals surface area contributed by atoms with E-state index >= 15 is 0 Å². The van der Waals surface area contributed by atoms with Gasteiger partial charge in [0.05, 0.1) is 24.5 Å². The molecule has 0 fully saturated rings. The molecule has 13 heavy (non-hydrogen) atoms. The van der Waals surface area contributed by atoms with E-state index in [1.165, 1.54) is 6.33 Å². The van der Waals surface area contributed by atoms with Gasteiger partial charge in [-0.2, -0.15) is 0 Å². The van der Waals surface area contributed by atoms with Crippen LogP contribution < -0.4 is 5.73 Å². The minimum Gasteiger partial charge on any atom is -0.481 e. The fraction of sp³-hybridized carbons (Fsp3) is 0.429. The van der Waals surface area contributed by atoms with Crippen molar-refractivity contribution in [2.45, 2.75) is 12.5 Å². The van der Waals surface area contributed by atoms with Gasteiger partial charge in [-0.05, 0) is 0 Å². The number of carboxylic acids is 1. The zero-order valence-electron chi connectivity index (χ0n) is 7.07. The van der Waals surface area contributed by atoms with Crippen LogP contribution in [0.1, 0.15) is 18.2 Å². The van der Waals surface area contributed by atoms with E-state index < -0.39 is 12.0 Å². The van der Waals surface area contributed by atoms with E-state index in [0.29, 0.717) is 5.69 Å². The number of nitrogens with zero attached hydrogens (tertiary/aromatic N) is 2. The highest BCUT2D eigenvalue weighted by Crippen LogP contribution is 2.21. The molecule has 5 nitrogen and oxygen atoms in total. The Hall–Kier alpha value is -1.07. The number of carbonyl (C=O) groups is 1. The van der Waals surface area contributed by atoms with Gasteiger partial charge in [-0.15, -0.1) is 0 Å². The number of halogens is 1. The van der Waals surface area contributed by atoms with Gasteiger partial charge >= 0.3 is 5.97 Å². The Morgan fingerprint density at radius 2 is 2.54 bits per heavy atom. The summed E-state index contributed by atoms with van der Waals surface area (Å²) >= 11 is 5.72. The third kappa shape index (κ3) is 2.19. The summed E-state index contributed by atoms with van der Waals surface area (Å²) < 4.78 is 1.62. The molecule has 0 aliphatic heterocycles. The Morgan fingerprint density at radius 1 is 1.92 bits per heavy atom. The summed E-state index contributed by atoms with van der Waals surface area (Å²) in [4.78, 5) is 14.2. The second-order valence-electron chi connectivity index (χ2n) is 2.74. The van der Waals surface area contributed by atoms with Gasteiger partial charge in [0, 0.05) is 7.05 Å². The van der Waals surface area contributed by atoms with Crippen LogP contribution in [0.3, 0.4) is 0 Å².